The lowest BCUT2D eigenvalue weighted by Gasteiger charge is -2.05. The standard InChI is InChI=1S/C16H10I2N2O2/c17-13-7-10(8-14(18)15(13)21)6-11(9-19)16(22)20-12-4-2-1-3-5-12/h1-8,21H,(H,20,22)/b11-6-. The number of carbonyl (C=O) groups excluding carboxylic acids is 1. The molecule has 0 saturated carbocycles. The van der Waals surface area contributed by atoms with Crippen LogP contribution in [0.2, 0.25) is 0 Å². The number of hydrogen-bond donors (Lipinski definition) is 2. The first-order valence-corrected chi connectivity index (χ1v) is 8.33. The van der Waals surface area contributed by atoms with Crippen LogP contribution in [0.3, 0.4) is 0 Å². The number of amides is 1. The highest BCUT2D eigenvalue weighted by Gasteiger charge is 2.11. The minimum atomic E-state index is -0.466. The summed E-state index contributed by atoms with van der Waals surface area (Å²) >= 11 is 4.01. The molecule has 0 aliphatic rings. The molecule has 0 bridgehead atoms. The molecule has 0 unspecified atom stereocenters. The first-order valence-electron chi connectivity index (χ1n) is 6.17. The zero-order chi connectivity index (χ0) is 16.1. The Kier molecular flexibility index (Phi) is 5.79. The van der Waals surface area contributed by atoms with Crippen molar-refractivity contribution < 1.29 is 9.90 Å². The fraction of sp³-hybridized carbons (Fsp3) is 0. The number of rotatable bonds is 3. The van der Waals surface area contributed by atoms with Gasteiger partial charge in [0.15, 0.2) is 0 Å². The van der Waals surface area contributed by atoms with E-state index in [4.69, 9.17) is 0 Å². The van der Waals surface area contributed by atoms with Crippen LogP contribution >= 0.6 is 45.2 Å². The van der Waals surface area contributed by atoms with E-state index in [0.717, 1.165) is 0 Å². The van der Waals surface area contributed by atoms with E-state index in [1.165, 1.54) is 6.08 Å². The number of aromatic hydroxyl groups is 1. The molecule has 0 spiro atoms. The van der Waals surface area contributed by atoms with Crippen LogP contribution in [-0.4, -0.2) is 11.0 Å². The average molecular weight is 516 g/mol. The number of phenols is 1. The third-order valence-electron chi connectivity index (χ3n) is 2.75. The fourth-order valence-corrected chi connectivity index (χ4v) is 3.52. The molecule has 0 aromatic heterocycles. The molecule has 0 fully saturated rings. The highest BCUT2D eigenvalue weighted by atomic mass is 127. The van der Waals surface area contributed by atoms with Gasteiger partial charge < -0.3 is 10.4 Å². The molecule has 0 atom stereocenters. The van der Waals surface area contributed by atoms with Crippen LogP contribution in [0.15, 0.2) is 48.0 Å². The van der Waals surface area contributed by atoms with E-state index in [1.807, 2.05) is 57.3 Å². The Balaban J connectivity index is 2.28. The third kappa shape index (κ3) is 4.20. The van der Waals surface area contributed by atoms with E-state index in [1.54, 1.807) is 36.4 Å². The maximum Gasteiger partial charge on any atom is 0.266 e. The summed E-state index contributed by atoms with van der Waals surface area (Å²) in [5.74, 6) is -0.266. The molecule has 0 radical (unpaired) electrons. The number of anilines is 1. The van der Waals surface area contributed by atoms with E-state index < -0.39 is 5.91 Å². The summed E-state index contributed by atoms with van der Waals surface area (Å²) in [6, 6.07) is 14.3. The van der Waals surface area contributed by atoms with Crippen LogP contribution in [0.1, 0.15) is 5.56 Å². The maximum atomic E-state index is 12.1. The second-order valence-corrected chi connectivity index (χ2v) is 6.65. The Bertz CT molecular complexity index is 757. The van der Waals surface area contributed by atoms with Gasteiger partial charge in [0.1, 0.15) is 17.4 Å². The van der Waals surface area contributed by atoms with E-state index in [9.17, 15) is 15.2 Å². The van der Waals surface area contributed by atoms with Crippen molar-refractivity contribution >= 4 is 62.9 Å². The highest BCUT2D eigenvalue weighted by Crippen LogP contribution is 2.28. The third-order valence-corrected chi connectivity index (χ3v) is 4.39. The average Bonchev–Trinajstić information content (AvgIpc) is 2.51. The summed E-state index contributed by atoms with van der Waals surface area (Å²) in [6.45, 7) is 0. The van der Waals surface area contributed by atoms with Crippen molar-refractivity contribution in [1.29, 1.82) is 5.26 Å². The molecule has 2 rings (SSSR count). The van der Waals surface area contributed by atoms with Gasteiger partial charge in [-0.2, -0.15) is 5.26 Å². The quantitative estimate of drug-likeness (QED) is 0.366. The Hall–Kier alpha value is -1.60. The van der Waals surface area contributed by atoms with E-state index in [2.05, 4.69) is 5.32 Å². The molecule has 2 N–H and O–H groups in total. The topological polar surface area (TPSA) is 73.1 Å². The number of nitrogens with one attached hydrogen (secondary N) is 1. The van der Waals surface area contributed by atoms with Crippen molar-refractivity contribution in [2.75, 3.05) is 5.32 Å². The minimum absolute atomic E-state index is 0.00106. The van der Waals surface area contributed by atoms with Gasteiger partial charge >= 0.3 is 0 Å². The van der Waals surface area contributed by atoms with Crippen molar-refractivity contribution in [3.8, 4) is 11.8 Å². The molecule has 2 aromatic carbocycles. The van der Waals surface area contributed by atoms with Gasteiger partial charge in [-0.1, -0.05) is 18.2 Å². The Morgan fingerprint density at radius 2 is 1.77 bits per heavy atom. The van der Waals surface area contributed by atoms with Gasteiger partial charge in [-0.05, 0) is 81.1 Å². The molecule has 4 nitrogen and oxygen atoms in total. The zero-order valence-corrected chi connectivity index (χ0v) is 15.5. The van der Waals surface area contributed by atoms with E-state index in [0.29, 0.717) is 18.4 Å². The van der Waals surface area contributed by atoms with Crippen molar-refractivity contribution in [3.63, 3.8) is 0 Å². The van der Waals surface area contributed by atoms with Crippen molar-refractivity contribution in [2.24, 2.45) is 0 Å². The molecule has 2 aromatic rings. The van der Waals surface area contributed by atoms with E-state index in [-0.39, 0.29) is 11.3 Å². The number of carbonyl (C=O) groups is 1. The van der Waals surface area contributed by atoms with Crippen LogP contribution in [0.5, 0.6) is 5.75 Å². The normalized spacial score (nSPS) is 10.9. The number of nitriles is 1. The maximum absolute atomic E-state index is 12.1. The van der Waals surface area contributed by atoms with Crippen molar-refractivity contribution in [1.82, 2.24) is 0 Å². The van der Waals surface area contributed by atoms with Crippen LogP contribution in [-0.2, 0) is 4.79 Å². The molecule has 0 aliphatic carbocycles. The lowest BCUT2D eigenvalue weighted by molar-refractivity contribution is -0.112. The van der Waals surface area contributed by atoms with Gasteiger partial charge in [-0.25, -0.2) is 0 Å². The smallest absolute Gasteiger partial charge is 0.266 e. The molecular formula is C16H10I2N2O2. The Morgan fingerprint density at radius 1 is 1.18 bits per heavy atom. The fourth-order valence-electron chi connectivity index (χ4n) is 1.70. The first-order chi connectivity index (χ1) is 10.5. The summed E-state index contributed by atoms with van der Waals surface area (Å²) in [4.78, 5) is 12.1. The van der Waals surface area contributed by atoms with Crippen LogP contribution in [0.25, 0.3) is 6.08 Å². The largest absolute Gasteiger partial charge is 0.506 e. The molecule has 1 amide bonds. The molecule has 0 heterocycles. The monoisotopic (exact) mass is 516 g/mol. The summed E-state index contributed by atoms with van der Waals surface area (Å²) in [7, 11) is 0. The highest BCUT2D eigenvalue weighted by molar-refractivity contribution is 14.1. The second kappa shape index (κ2) is 7.60. The number of phenolic OH excluding ortho intramolecular Hbond substituents is 1. The van der Waals surface area contributed by atoms with Crippen LogP contribution < -0.4 is 5.32 Å². The van der Waals surface area contributed by atoms with Crippen molar-refractivity contribution in [3.05, 3.63) is 60.7 Å². The Labute approximate surface area is 155 Å². The minimum Gasteiger partial charge on any atom is -0.506 e. The predicted molar refractivity (Wildman–Crippen MR) is 102 cm³/mol. The van der Waals surface area contributed by atoms with Gasteiger partial charge in [0, 0.05) is 5.69 Å². The molecular weight excluding hydrogens is 506 g/mol. The molecule has 0 saturated heterocycles. The molecule has 110 valence electrons. The number of halogens is 2. The molecule has 6 heteroatoms. The summed E-state index contributed by atoms with van der Waals surface area (Å²) in [5.41, 5.74) is 1.32. The zero-order valence-electron chi connectivity index (χ0n) is 11.2. The van der Waals surface area contributed by atoms with Crippen LogP contribution in [0.4, 0.5) is 5.69 Å². The predicted octanol–water partition coefficient (Wildman–Crippen LogP) is 4.15. The van der Waals surface area contributed by atoms with Gasteiger partial charge in [-0.15, -0.1) is 0 Å². The van der Waals surface area contributed by atoms with Gasteiger partial charge in [0.2, 0.25) is 0 Å². The molecule has 0 aliphatic heterocycles. The van der Waals surface area contributed by atoms with Crippen LogP contribution in [0, 0.1) is 18.5 Å². The summed E-state index contributed by atoms with van der Waals surface area (Å²) < 4.78 is 1.33. The summed E-state index contributed by atoms with van der Waals surface area (Å²) in [5, 5.41) is 21.6. The Morgan fingerprint density at radius 3 is 2.32 bits per heavy atom. The van der Waals surface area contributed by atoms with Gasteiger partial charge in [0.25, 0.3) is 5.91 Å². The van der Waals surface area contributed by atoms with Crippen molar-refractivity contribution in [2.45, 2.75) is 0 Å². The number of benzene rings is 2. The summed E-state index contributed by atoms with van der Waals surface area (Å²) in [6.07, 6.45) is 1.50. The van der Waals surface area contributed by atoms with Gasteiger partial charge in [-0.3, -0.25) is 4.79 Å². The molecule has 22 heavy (non-hydrogen) atoms. The number of nitrogens with zero attached hydrogens (tertiary/aromatic N) is 1. The lowest BCUT2D eigenvalue weighted by atomic mass is 10.1. The SMILES string of the molecule is N#C/C(=C/c1cc(I)c(O)c(I)c1)C(=O)Nc1ccccc1. The lowest BCUT2D eigenvalue weighted by Crippen LogP contribution is -2.13. The number of hydrogen-bond acceptors (Lipinski definition) is 3. The second-order valence-electron chi connectivity index (χ2n) is 4.32. The number of para-hydroxylation sites is 1. The van der Waals surface area contributed by atoms with E-state index >= 15 is 0 Å². The van der Waals surface area contributed by atoms with Gasteiger partial charge in [0.05, 0.1) is 7.14 Å². The first kappa shape index (κ1) is 16.8.